The molecular formula is C16H25Cl. The Labute approximate surface area is 111 Å². The van der Waals surface area contributed by atoms with E-state index < -0.39 is 0 Å². The molecule has 0 nitrogen and oxygen atoms in total. The molecule has 0 fully saturated rings. The van der Waals surface area contributed by atoms with Crippen LogP contribution in [0.1, 0.15) is 63.5 Å². The van der Waals surface area contributed by atoms with E-state index in [-0.39, 0.29) is 5.38 Å². The number of hydrogen-bond donors (Lipinski definition) is 0. The molecule has 0 aromatic heterocycles. The van der Waals surface area contributed by atoms with Crippen LogP contribution in [0.4, 0.5) is 0 Å². The lowest BCUT2D eigenvalue weighted by Gasteiger charge is -2.24. The lowest BCUT2D eigenvalue weighted by atomic mass is 9.81. The Morgan fingerprint density at radius 3 is 2.06 bits per heavy atom. The minimum atomic E-state index is 0.0989. The van der Waals surface area contributed by atoms with Crippen molar-refractivity contribution in [2.24, 2.45) is 11.8 Å². The van der Waals surface area contributed by atoms with Crippen LogP contribution in [-0.4, -0.2) is 0 Å². The second kappa shape index (κ2) is 6.44. The molecule has 0 N–H and O–H groups in total. The SMILES string of the molecule is CC(C)CC(c1cccc(C(C)Cl)c1)C(C)C. The van der Waals surface area contributed by atoms with Gasteiger partial charge in [0.25, 0.3) is 0 Å². The van der Waals surface area contributed by atoms with Gasteiger partial charge in [0.2, 0.25) is 0 Å². The van der Waals surface area contributed by atoms with E-state index in [0.717, 1.165) is 5.92 Å². The van der Waals surface area contributed by atoms with E-state index in [1.54, 1.807) is 0 Å². The van der Waals surface area contributed by atoms with Crippen molar-refractivity contribution in [3.05, 3.63) is 35.4 Å². The van der Waals surface area contributed by atoms with E-state index in [1.807, 2.05) is 6.92 Å². The first-order valence-corrected chi connectivity index (χ1v) is 7.09. The van der Waals surface area contributed by atoms with Crippen LogP contribution in [0.15, 0.2) is 24.3 Å². The van der Waals surface area contributed by atoms with Crippen LogP contribution in [0.2, 0.25) is 0 Å². The minimum Gasteiger partial charge on any atom is -0.118 e. The van der Waals surface area contributed by atoms with E-state index in [1.165, 1.54) is 17.5 Å². The van der Waals surface area contributed by atoms with E-state index in [4.69, 9.17) is 11.6 Å². The van der Waals surface area contributed by atoms with Crippen molar-refractivity contribution in [2.45, 2.75) is 52.3 Å². The van der Waals surface area contributed by atoms with E-state index >= 15 is 0 Å². The number of rotatable bonds is 5. The van der Waals surface area contributed by atoms with Crippen LogP contribution in [0, 0.1) is 11.8 Å². The summed E-state index contributed by atoms with van der Waals surface area (Å²) in [6, 6.07) is 8.79. The molecule has 17 heavy (non-hydrogen) atoms. The molecule has 0 aliphatic carbocycles. The molecule has 0 saturated heterocycles. The number of hydrogen-bond acceptors (Lipinski definition) is 0. The highest BCUT2D eigenvalue weighted by atomic mass is 35.5. The van der Waals surface area contributed by atoms with E-state index in [9.17, 15) is 0 Å². The van der Waals surface area contributed by atoms with Crippen LogP contribution >= 0.6 is 11.6 Å². The molecular weight excluding hydrogens is 228 g/mol. The zero-order valence-electron chi connectivity index (χ0n) is 11.7. The molecule has 1 aromatic carbocycles. The Kier molecular flexibility index (Phi) is 5.52. The van der Waals surface area contributed by atoms with Crippen LogP contribution in [-0.2, 0) is 0 Å². The van der Waals surface area contributed by atoms with Gasteiger partial charge in [-0.1, -0.05) is 52.0 Å². The summed E-state index contributed by atoms with van der Waals surface area (Å²) in [7, 11) is 0. The quantitative estimate of drug-likeness (QED) is 0.584. The monoisotopic (exact) mass is 252 g/mol. The van der Waals surface area contributed by atoms with Crippen LogP contribution < -0.4 is 0 Å². The van der Waals surface area contributed by atoms with E-state index in [2.05, 4.69) is 52.0 Å². The fraction of sp³-hybridized carbons (Fsp3) is 0.625. The molecule has 0 radical (unpaired) electrons. The molecule has 1 rings (SSSR count). The Morgan fingerprint density at radius 1 is 1.00 bits per heavy atom. The predicted octanol–water partition coefficient (Wildman–Crippen LogP) is 5.77. The van der Waals surface area contributed by atoms with Gasteiger partial charge < -0.3 is 0 Å². The Balaban J connectivity index is 2.97. The second-order valence-electron chi connectivity index (χ2n) is 5.77. The smallest absolute Gasteiger partial charge is 0.0557 e. The molecule has 0 bridgehead atoms. The second-order valence-corrected chi connectivity index (χ2v) is 6.42. The van der Waals surface area contributed by atoms with Crippen molar-refractivity contribution in [1.29, 1.82) is 0 Å². The fourth-order valence-corrected chi connectivity index (χ4v) is 2.47. The highest BCUT2D eigenvalue weighted by Gasteiger charge is 2.18. The van der Waals surface area contributed by atoms with Crippen LogP contribution in [0.5, 0.6) is 0 Å². The van der Waals surface area contributed by atoms with Gasteiger partial charge in [0.05, 0.1) is 5.38 Å². The Morgan fingerprint density at radius 2 is 1.59 bits per heavy atom. The molecule has 0 saturated carbocycles. The van der Waals surface area contributed by atoms with Gasteiger partial charge in [-0.05, 0) is 42.2 Å². The zero-order chi connectivity index (χ0) is 13.0. The summed E-state index contributed by atoms with van der Waals surface area (Å²) in [5, 5.41) is 0.0989. The molecule has 0 aliphatic heterocycles. The molecule has 0 spiro atoms. The van der Waals surface area contributed by atoms with Crippen LogP contribution in [0.25, 0.3) is 0 Å². The topological polar surface area (TPSA) is 0 Å². The first-order chi connectivity index (χ1) is 7.91. The van der Waals surface area contributed by atoms with Crippen molar-refractivity contribution in [3.8, 4) is 0 Å². The predicted molar refractivity (Wildman–Crippen MR) is 77.7 cm³/mol. The van der Waals surface area contributed by atoms with Crippen molar-refractivity contribution in [2.75, 3.05) is 0 Å². The third kappa shape index (κ3) is 4.35. The Bertz CT molecular complexity index is 339. The highest BCUT2D eigenvalue weighted by molar-refractivity contribution is 6.20. The summed E-state index contributed by atoms with van der Waals surface area (Å²) in [6.07, 6.45) is 1.25. The third-order valence-electron chi connectivity index (χ3n) is 3.33. The molecule has 2 unspecified atom stereocenters. The molecule has 2 atom stereocenters. The molecule has 0 aliphatic rings. The summed E-state index contributed by atoms with van der Waals surface area (Å²) in [6.45, 7) is 11.2. The fourth-order valence-electron chi connectivity index (χ4n) is 2.34. The van der Waals surface area contributed by atoms with Gasteiger partial charge in [-0.2, -0.15) is 0 Å². The first kappa shape index (κ1) is 14.6. The normalized spacial score (nSPS) is 15.3. The van der Waals surface area contributed by atoms with Crippen molar-refractivity contribution >= 4 is 11.6 Å². The van der Waals surface area contributed by atoms with Gasteiger partial charge in [-0.3, -0.25) is 0 Å². The maximum Gasteiger partial charge on any atom is 0.0557 e. The standard InChI is InChI=1S/C16H25Cl/c1-11(2)9-16(12(3)4)15-8-6-7-14(10-15)13(5)17/h6-8,10-13,16H,9H2,1-5H3. The zero-order valence-corrected chi connectivity index (χ0v) is 12.5. The maximum absolute atomic E-state index is 6.17. The lowest BCUT2D eigenvalue weighted by Crippen LogP contribution is -2.10. The molecule has 0 heterocycles. The first-order valence-electron chi connectivity index (χ1n) is 6.65. The third-order valence-corrected chi connectivity index (χ3v) is 3.58. The molecule has 1 heteroatoms. The van der Waals surface area contributed by atoms with Crippen LogP contribution in [0.3, 0.4) is 0 Å². The lowest BCUT2D eigenvalue weighted by molar-refractivity contribution is 0.407. The number of halogens is 1. The maximum atomic E-state index is 6.17. The van der Waals surface area contributed by atoms with Gasteiger partial charge in [-0.15, -0.1) is 11.6 Å². The molecule has 0 amide bonds. The van der Waals surface area contributed by atoms with Gasteiger partial charge in [-0.25, -0.2) is 0 Å². The molecule has 96 valence electrons. The van der Waals surface area contributed by atoms with Crippen molar-refractivity contribution < 1.29 is 0 Å². The van der Waals surface area contributed by atoms with Crippen molar-refractivity contribution in [1.82, 2.24) is 0 Å². The number of alkyl halides is 1. The number of benzene rings is 1. The average molecular weight is 253 g/mol. The summed E-state index contributed by atoms with van der Waals surface area (Å²) < 4.78 is 0. The van der Waals surface area contributed by atoms with Gasteiger partial charge in [0.1, 0.15) is 0 Å². The highest BCUT2D eigenvalue weighted by Crippen LogP contribution is 2.32. The molecule has 1 aromatic rings. The summed E-state index contributed by atoms with van der Waals surface area (Å²) in [5.41, 5.74) is 2.68. The van der Waals surface area contributed by atoms with Gasteiger partial charge in [0, 0.05) is 0 Å². The largest absolute Gasteiger partial charge is 0.118 e. The average Bonchev–Trinajstić information content (AvgIpc) is 2.25. The van der Waals surface area contributed by atoms with Crippen molar-refractivity contribution in [3.63, 3.8) is 0 Å². The van der Waals surface area contributed by atoms with E-state index in [0.29, 0.717) is 11.8 Å². The summed E-state index contributed by atoms with van der Waals surface area (Å²) >= 11 is 6.17. The van der Waals surface area contributed by atoms with Gasteiger partial charge >= 0.3 is 0 Å². The Hall–Kier alpha value is -0.490. The summed E-state index contributed by atoms with van der Waals surface area (Å²) in [5.74, 6) is 2.06. The summed E-state index contributed by atoms with van der Waals surface area (Å²) in [4.78, 5) is 0. The van der Waals surface area contributed by atoms with Gasteiger partial charge in [0.15, 0.2) is 0 Å². The minimum absolute atomic E-state index is 0.0989.